The normalized spacial score (nSPS) is 15.6. The molecule has 0 saturated carbocycles. The summed E-state index contributed by atoms with van der Waals surface area (Å²) >= 11 is 0. The second-order valence-corrected chi connectivity index (χ2v) is 7.68. The minimum Gasteiger partial charge on any atom is -0.497 e. The molecule has 0 unspecified atom stereocenters. The fourth-order valence-electron chi connectivity index (χ4n) is 3.55. The molecule has 0 spiro atoms. The Morgan fingerprint density at radius 3 is 2.42 bits per heavy atom. The summed E-state index contributed by atoms with van der Waals surface area (Å²) in [6.07, 6.45) is 1.72. The second-order valence-electron chi connectivity index (χ2n) is 7.68. The molecule has 168 valence electrons. The summed E-state index contributed by atoms with van der Waals surface area (Å²) in [5, 5.41) is 4.04. The molecule has 1 aliphatic heterocycles. The summed E-state index contributed by atoms with van der Waals surface area (Å²) in [6, 6.07) is 24.6. The van der Waals surface area contributed by atoms with Crippen molar-refractivity contribution in [1.29, 1.82) is 0 Å². The van der Waals surface area contributed by atoms with Gasteiger partial charge in [0.2, 0.25) is 11.8 Å². The molecule has 2 amide bonds. The number of nitrogens with one attached hydrogen (secondary N) is 1. The van der Waals surface area contributed by atoms with E-state index in [4.69, 9.17) is 9.47 Å². The first-order valence-corrected chi connectivity index (χ1v) is 10.7. The van der Waals surface area contributed by atoms with Crippen molar-refractivity contribution in [2.75, 3.05) is 18.6 Å². The summed E-state index contributed by atoms with van der Waals surface area (Å²) in [5.74, 6) is 0.646. The van der Waals surface area contributed by atoms with E-state index in [1.807, 2.05) is 66.7 Å². The summed E-state index contributed by atoms with van der Waals surface area (Å²) in [7, 11) is 1.59. The molecule has 0 bridgehead atoms. The van der Waals surface area contributed by atoms with Gasteiger partial charge in [-0.2, -0.15) is 5.10 Å². The lowest BCUT2D eigenvalue weighted by Crippen LogP contribution is -2.30. The summed E-state index contributed by atoms with van der Waals surface area (Å²) < 4.78 is 10.9. The number of carbonyl (C=O) groups excluding carboxylic acids is 2. The third-order valence-electron chi connectivity index (χ3n) is 5.40. The number of rotatable bonds is 8. The number of methoxy groups -OCH3 is 1. The van der Waals surface area contributed by atoms with Gasteiger partial charge in [-0.25, -0.2) is 5.43 Å². The highest BCUT2D eigenvalue weighted by molar-refractivity contribution is 6.00. The predicted octanol–water partition coefficient (Wildman–Crippen LogP) is 3.78. The summed E-state index contributed by atoms with van der Waals surface area (Å²) in [5.41, 5.74) is 5.21. The zero-order valence-electron chi connectivity index (χ0n) is 18.3. The third-order valence-corrected chi connectivity index (χ3v) is 5.40. The number of carbonyl (C=O) groups is 2. The van der Waals surface area contributed by atoms with Gasteiger partial charge in [0, 0.05) is 18.7 Å². The maximum Gasteiger partial charge on any atom is 0.245 e. The number of amides is 2. The van der Waals surface area contributed by atoms with Crippen molar-refractivity contribution in [3.63, 3.8) is 0 Å². The number of anilines is 1. The molecule has 1 atom stereocenters. The fourth-order valence-corrected chi connectivity index (χ4v) is 3.55. The van der Waals surface area contributed by atoms with Crippen molar-refractivity contribution >= 4 is 23.7 Å². The standard InChI is InChI=1S/C26H25N3O4/c1-32-23-13-9-22(10-14-23)29-17-21(15-25(29)30)26(31)28-27-16-19-7-11-24(12-8-19)33-18-20-5-3-2-4-6-20/h2-14,16,21H,15,17-18H2,1H3,(H,28,31)/b27-16-/t21-/m0/s1. The Bertz CT molecular complexity index is 1110. The van der Waals surface area contributed by atoms with Crippen LogP contribution < -0.4 is 19.8 Å². The monoisotopic (exact) mass is 443 g/mol. The Hall–Kier alpha value is -4.13. The molecule has 1 N–H and O–H groups in total. The maximum absolute atomic E-state index is 12.5. The molecule has 1 aliphatic rings. The fraction of sp³-hybridized carbons (Fsp3) is 0.192. The summed E-state index contributed by atoms with van der Waals surface area (Å²) in [6.45, 7) is 0.817. The number of nitrogens with zero attached hydrogens (tertiary/aromatic N) is 2. The third kappa shape index (κ3) is 5.77. The Balaban J connectivity index is 1.26. The van der Waals surface area contributed by atoms with Crippen LogP contribution in [0.4, 0.5) is 5.69 Å². The molecule has 1 heterocycles. The van der Waals surface area contributed by atoms with Gasteiger partial charge in [-0.3, -0.25) is 9.59 Å². The highest BCUT2D eigenvalue weighted by atomic mass is 16.5. The van der Waals surface area contributed by atoms with Gasteiger partial charge >= 0.3 is 0 Å². The molecule has 4 rings (SSSR count). The number of hydrogen-bond acceptors (Lipinski definition) is 5. The molecule has 7 heteroatoms. The van der Waals surface area contributed by atoms with Crippen LogP contribution in [-0.2, 0) is 16.2 Å². The van der Waals surface area contributed by atoms with Crippen molar-refractivity contribution in [2.24, 2.45) is 11.0 Å². The molecule has 3 aromatic carbocycles. The number of ether oxygens (including phenoxy) is 2. The van der Waals surface area contributed by atoms with E-state index >= 15 is 0 Å². The lowest BCUT2D eigenvalue weighted by atomic mass is 10.1. The SMILES string of the molecule is COc1ccc(N2C[C@@H](C(=O)N/N=C\c3ccc(OCc4ccccc4)cc3)CC2=O)cc1. The van der Waals surface area contributed by atoms with E-state index in [0.29, 0.717) is 18.9 Å². The van der Waals surface area contributed by atoms with Crippen LogP contribution in [0.15, 0.2) is 84.0 Å². The average molecular weight is 444 g/mol. The highest BCUT2D eigenvalue weighted by Crippen LogP contribution is 2.27. The van der Waals surface area contributed by atoms with E-state index in [2.05, 4.69) is 10.5 Å². The zero-order valence-corrected chi connectivity index (χ0v) is 18.3. The predicted molar refractivity (Wildman–Crippen MR) is 126 cm³/mol. The van der Waals surface area contributed by atoms with Crippen LogP contribution in [0.2, 0.25) is 0 Å². The first-order valence-electron chi connectivity index (χ1n) is 10.7. The zero-order chi connectivity index (χ0) is 23.0. The van der Waals surface area contributed by atoms with Gasteiger partial charge in [-0.1, -0.05) is 30.3 Å². The quantitative estimate of drug-likeness (QED) is 0.425. The molecular formula is C26H25N3O4. The van der Waals surface area contributed by atoms with Gasteiger partial charge in [0.05, 0.1) is 19.2 Å². The molecule has 3 aromatic rings. The highest BCUT2D eigenvalue weighted by Gasteiger charge is 2.35. The van der Waals surface area contributed by atoms with Crippen molar-refractivity contribution in [3.8, 4) is 11.5 Å². The minimum atomic E-state index is -0.453. The Kier molecular flexibility index (Phi) is 6.99. The van der Waals surface area contributed by atoms with E-state index in [1.54, 1.807) is 30.4 Å². The molecule has 1 fully saturated rings. The van der Waals surface area contributed by atoms with Crippen LogP contribution in [0.3, 0.4) is 0 Å². The second kappa shape index (κ2) is 10.5. The molecule has 33 heavy (non-hydrogen) atoms. The van der Waals surface area contributed by atoms with E-state index in [9.17, 15) is 9.59 Å². The van der Waals surface area contributed by atoms with Crippen LogP contribution in [0.1, 0.15) is 17.5 Å². The van der Waals surface area contributed by atoms with Crippen LogP contribution in [0.5, 0.6) is 11.5 Å². The molecule has 0 aromatic heterocycles. The molecule has 1 saturated heterocycles. The van der Waals surface area contributed by atoms with Gasteiger partial charge in [0.1, 0.15) is 18.1 Å². The Morgan fingerprint density at radius 1 is 1.03 bits per heavy atom. The van der Waals surface area contributed by atoms with Crippen molar-refractivity contribution in [3.05, 3.63) is 90.0 Å². The van der Waals surface area contributed by atoms with E-state index < -0.39 is 5.92 Å². The Labute approximate surface area is 192 Å². The first kappa shape index (κ1) is 22.1. The van der Waals surface area contributed by atoms with E-state index in [0.717, 1.165) is 22.6 Å². The largest absolute Gasteiger partial charge is 0.497 e. The smallest absolute Gasteiger partial charge is 0.245 e. The minimum absolute atomic E-state index is 0.0876. The molecule has 0 aliphatic carbocycles. The lowest BCUT2D eigenvalue weighted by molar-refractivity contribution is -0.126. The molecular weight excluding hydrogens is 418 g/mol. The average Bonchev–Trinajstić information content (AvgIpc) is 3.26. The maximum atomic E-state index is 12.5. The van der Waals surface area contributed by atoms with Gasteiger partial charge in [0.25, 0.3) is 0 Å². The molecule has 0 radical (unpaired) electrons. The number of hydrazone groups is 1. The van der Waals surface area contributed by atoms with Gasteiger partial charge in [0.15, 0.2) is 0 Å². The summed E-state index contributed by atoms with van der Waals surface area (Å²) in [4.78, 5) is 26.5. The van der Waals surface area contributed by atoms with E-state index in [-0.39, 0.29) is 18.2 Å². The van der Waals surface area contributed by atoms with Crippen LogP contribution in [0.25, 0.3) is 0 Å². The lowest BCUT2D eigenvalue weighted by Gasteiger charge is -2.16. The van der Waals surface area contributed by atoms with Gasteiger partial charge < -0.3 is 14.4 Å². The van der Waals surface area contributed by atoms with Gasteiger partial charge in [-0.05, 0) is 59.7 Å². The topological polar surface area (TPSA) is 80.2 Å². The van der Waals surface area contributed by atoms with E-state index in [1.165, 1.54) is 0 Å². The number of hydrogen-bond donors (Lipinski definition) is 1. The van der Waals surface area contributed by atoms with Crippen molar-refractivity contribution in [2.45, 2.75) is 13.0 Å². The van der Waals surface area contributed by atoms with Crippen LogP contribution in [-0.4, -0.2) is 31.7 Å². The van der Waals surface area contributed by atoms with Crippen LogP contribution in [0, 0.1) is 5.92 Å². The first-order chi connectivity index (χ1) is 16.1. The molecule has 7 nitrogen and oxygen atoms in total. The Morgan fingerprint density at radius 2 is 1.73 bits per heavy atom. The van der Waals surface area contributed by atoms with Crippen LogP contribution >= 0.6 is 0 Å². The van der Waals surface area contributed by atoms with Crippen molar-refractivity contribution in [1.82, 2.24) is 5.43 Å². The van der Waals surface area contributed by atoms with Gasteiger partial charge in [-0.15, -0.1) is 0 Å². The van der Waals surface area contributed by atoms with Crippen molar-refractivity contribution < 1.29 is 19.1 Å². The number of benzene rings is 3.